The van der Waals surface area contributed by atoms with Crippen LogP contribution in [0.5, 0.6) is 5.75 Å². The van der Waals surface area contributed by atoms with Crippen molar-refractivity contribution in [2.75, 3.05) is 0 Å². The van der Waals surface area contributed by atoms with Crippen molar-refractivity contribution < 1.29 is 9.50 Å². The van der Waals surface area contributed by atoms with E-state index < -0.39 is 5.82 Å². The molecule has 2 nitrogen and oxygen atoms in total. The second kappa shape index (κ2) is 4.28. The zero-order valence-electron chi connectivity index (χ0n) is 8.09. The van der Waals surface area contributed by atoms with Gasteiger partial charge < -0.3 is 10.8 Å². The number of hydrogen-bond acceptors (Lipinski definition) is 2. The fourth-order valence-corrected chi connectivity index (χ4v) is 1.79. The van der Waals surface area contributed by atoms with E-state index in [1.807, 2.05) is 13.8 Å². The molecule has 0 heterocycles. The normalized spacial score (nSPS) is 13.3. The van der Waals surface area contributed by atoms with Crippen LogP contribution in [0.1, 0.15) is 25.5 Å². The summed E-state index contributed by atoms with van der Waals surface area (Å²) in [5, 5.41) is 9.51. The molecule has 0 saturated heterocycles. The fraction of sp³-hybridized carbons (Fsp3) is 0.400. The molecule has 0 radical (unpaired) electrons. The Labute approximate surface area is 91.1 Å². The van der Waals surface area contributed by atoms with Gasteiger partial charge in [0.25, 0.3) is 0 Å². The molecule has 1 aromatic rings. The van der Waals surface area contributed by atoms with Crippen molar-refractivity contribution >= 4 is 15.9 Å². The van der Waals surface area contributed by atoms with Crippen molar-refractivity contribution in [2.24, 2.45) is 11.7 Å². The summed E-state index contributed by atoms with van der Waals surface area (Å²) < 4.78 is 13.7. The summed E-state index contributed by atoms with van der Waals surface area (Å²) in [6, 6.07) is 2.38. The van der Waals surface area contributed by atoms with Gasteiger partial charge in [-0.05, 0) is 18.1 Å². The molecule has 0 aromatic heterocycles. The Morgan fingerprint density at radius 1 is 1.43 bits per heavy atom. The Balaban J connectivity index is 3.25. The molecule has 1 unspecified atom stereocenters. The number of phenols is 1. The van der Waals surface area contributed by atoms with Crippen LogP contribution in [0.15, 0.2) is 16.6 Å². The van der Waals surface area contributed by atoms with E-state index >= 15 is 0 Å². The molecule has 0 amide bonds. The molecular formula is C10H13BrFNO. The molecule has 0 bridgehead atoms. The first-order valence-electron chi connectivity index (χ1n) is 4.37. The van der Waals surface area contributed by atoms with Gasteiger partial charge in [0.2, 0.25) is 0 Å². The van der Waals surface area contributed by atoms with Crippen molar-refractivity contribution in [3.63, 3.8) is 0 Å². The summed E-state index contributed by atoms with van der Waals surface area (Å²) in [6.45, 7) is 3.84. The summed E-state index contributed by atoms with van der Waals surface area (Å²) in [5.74, 6) is -0.862. The minimum Gasteiger partial charge on any atom is -0.505 e. The number of rotatable bonds is 2. The van der Waals surface area contributed by atoms with Crippen molar-refractivity contribution in [1.82, 2.24) is 0 Å². The number of benzene rings is 1. The molecule has 4 heteroatoms. The highest BCUT2D eigenvalue weighted by atomic mass is 79.9. The smallest absolute Gasteiger partial charge is 0.165 e. The second-order valence-corrected chi connectivity index (χ2v) is 4.42. The lowest BCUT2D eigenvalue weighted by Crippen LogP contribution is -2.17. The third-order valence-corrected chi connectivity index (χ3v) is 2.86. The lowest BCUT2D eigenvalue weighted by molar-refractivity contribution is 0.406. The highest BCUT2D eigenvalue weighted by Gasteiger charge is 2.20. The summed E-state index contributed by atoms with van der Waals surface area (Å²) >= 11 is 3.24. The summed E-state index contributed by atoms with van der Waals surface area (Å²) in [5.41, 5.74) is 6.28. The SMILES string of the molecule is CC(C)C(N)c1c(Br)ccc(F)c1O. The topological polar surface area (TPSA) is 46.2 Å². The first kappa shape index (κ1) is 11.5. The average Bonchev–Trinajstić information content (AvgIpc) is 2.12. The van der Waals surface area contributed by atoms with E-state index in [1.165, 1.54) is 6.07 Å². The second-order valence-electron chi connectivity index (χ2n) is 3.56. The van der Waals surface area contributed by atoms with Crippen LogP contribution >= 0.6 is 15.9 Å². The van der Waals surface area contributed by atoms with E-state index in [-0.39, 0.29) is 17.7 Å². The molecule has 0 fully saturated rings. The zero-order chi connectivity index (χ0) is 10.9. The largest absolute Gasteiger partial charge is 0.505 e. The third-order valence-electron chi connectivity index (χ3n) is 2.17. The molecule has 0 aliphatic rings. The maximum absolute atomic E-state index is 13.1. The van der Waals surface area contributed by atoms with Crippen molar-refractivity contribution in [1.29, 1.82) is 0 Å². The summed E-state index contributed by atoms with van der Waals surface area (Å²) in [4.78, 5) is 0. The maximum Gasteiger partial charge on any atom is 0.165 e. The summed E-state index contributed by atoms with van der Waals surface area (Å²) in [6.07, 6.45) is 0. The third kappa shape index (κ3) is 2.07. The van der Waals surface area contributed by atoms with Crippen LogP contribution in [-0.4, -0.2) is 5.11 Å². The van der Waals surface area contributed by atoms with Gasteiger partial charge in [0.05, 0.1) is 0 Å². The van der Waals surface area contributed by atoms with E-state index in [2.05, 4.69) is 15.9 Å². The molecule has 0 saturated carbocycles. The average molecular weight is 262 g/mol. The highest BCUT2D eigenvalue weighted by Crippen LogP contribution is 2.35. The predicted molar refractivity (Wildman–Crippen MR) is 57.5 cm³/mol. The van der Waals surface area contributed by atoms with Crippen LogP contribution in [0.25, 0.3) is 0 Å². The van der Waals surface area contributed by atoms with E-state index in [0.717, 1.165) is 0 Å². The van der Waals surface area contributed by atoms with E-state index in [0.29, 0.717) is 10.0 Å². The van der Waals surface area contributed by atoms with Gasteiger partial charge in [-0.1, -0.05) is 29.8 Å². The quantitative estimate of drug-likeness (QED) is 0.860. The Hall–Kier alpha value is -0.610. The van der Waals surface area contributed by atoms with E-state index in [1.54, 1.807) is 6.07 Å². The highest BCUT2D eigenvalue weighted by molar-refractivity contribution is 9.10. The van der Waals surface area contributed by atoms with Crippen molar-refractivity contribution in [3.05, 3.63) is 28.0 Å². The standard InChI is InChI=1S/C10H13BrFNO/c1-5(2)9(13)8-6(11)3-4-7(12)10(8)14/h3-5,9,14H,13H2,1-2H3. The number of aromatic hydroxyl groups is 1. The molecule has 14 heavy (non-hydrogen) atoms. The van der Waals surface area contributed by atoms with Gasteiger partial charge in [-0.3, -0.25) is 0 Å². The van der Waals surface area contributed by atoms with Crippen LogP contribution in [0.3, 0.4) is 0 Å². The van der Waals surface area contributed by atoms with Crippen LogP contribution in [0, 0.1) is 11.7 Å². The number of nitrogens with two attached hydrogens (primary N) is 1. The molecule has 0 aliphatic heterocycles. The number of phenolic OH excluding ortho intramolecular Hbond substituents is 1. The number of hydrogen-bond donors (Lipinski definition) is 2. The molecule has 78 valence electrons. The van der Waals surface area contributed by atoms with Gasteiger partial charge >= 0.3 is 0 Å². The monoisotopic (exact) mass is 261 g/mol. The minimum atomic E-state index is -0.640. The first-order chi connectivity index (χ1) is 6.45. The van der Waals surface area contributed by atoms with Gasteiger partial charge in [0, 0.05) is 16.1 Å². The van der Waals surface area contributed by atoms with Gasteiger partial charge in [0.15, 0.2) is 11.6 Å². The maximum atomic E-state index is 13.1. The molecule has 0 aliphatic carbocycles. The zero-order valence-corrected chi connectivity index (χ0v) is 9.68. The Morgan fingerprint density at radius 3 is 2.50 bits per heavy atom. The van der Waals surface area contributed by atoms with Gasteiger partial charge in [-0.15, -0.1) is 0 Å². The van der Waals surface area contributed by atoms with Gasteiger partial charge in [0.1, 0.15) is 0 Å². The van der Waals surface area contributed by atoms with Gasteiger partial charge in [-0.25, -0.2) is 4.39 Å². The molecule has 1 rings (SSSR count). The fourth-order valence-electron chi connectivity index (χ4n) is 1.21. The summed E-state index contributed by atoms with van der Waals surface area (Å²) in [7, 11) is 0. The lowest BCUT2D eigenvalue weighted by Gasteiger charge is -2.19. The van der Waals surface area contributed by atoms with Crippen LogP contribution in [-0.2, 0) is 0 Å². The molecule has 1 aromatic carbocycles. The Bertz CT molecular complexity index is 341. The van der Waals surface area contributed by atoms with Crippen molar-refractivity contribution in [2.45, 2.75) is 19.9 Å². The molecule has 0 spiro atoms. The Morgan fingerprint density at radius 2 is 2.00 bits per heavy atom. The van der Waals surface area contributed by atoms with Gasteiger partial charge in [-0.2, -0.15) is 0 Å². The molecule has 1 atom stereocenters. The van der Waals surface area contributed by atoms with E-state index in [9.17, 15) is 9.50 Å². The van der Waals surface area contributed by atoms with Crippen LogP contribution < -0.4 is 5.73 Å². The first-order valence-corrected chi connectivity index (χ1v) is 5.17. The molecule has 3 N–H and O–H groups in total. The van der Waals surface area contributed by atoms with Crippen LogP contribution in [0.2, 0.25) is 0 Å². The van der Waals surface area contributed by atoms with E-state index in [4.69, 9.17) is 5.73 Å². The lowest BCUT2D eigenvalue weighted by atomic mass is 9.96. The predicted octanol–water partition coefficient (Wildman–Crippen LogP) is 2.95. The molecular weight excluding hydrogens is 249 g/mol. The van der Waals surface area contributed by atoms with Crippen LogP contribution in [0.4, 0.5) is 4.39 Å². The van der Waals surface area contributed by atoms with Crippen molar-refractivity contribution in [3.8, 4) is 5.75 Å². The minimum absolute atomic E-state index is 0.138. The Kier molecular flexibility index (Phi) is 3.50. The number of halogens is 2.